The van der Waals surface area contributed by atoms with Crippen molar-refractivity contribution < 1.29 is 50.1 Å². The molecule has 0 saturated carbocycles. The number of aliphatic hydroxyl groups is 2. The second-order valence-corrected chi connectivity index (χ2v) is 17.1. The summed E-state index contributed by atoms with van der Waals surface area (Å²) < 4.78 is 131. The molecule has 4 unspecified atom stereocenters. The number of ether oxygens (including phenoxy) is 1. The highest BCUT2D eigenvalue weighted by molar-refractivity contribution is 5.84. The van der Waals surface area contributed by atoms with Gasteiger partial charge in [-0.3, -0.25) is 9.97 Å². The van der Waals surface area contributed by atoms with Crippen LogP contribution in [0.25, 0.3) is 21.8 Å². The van der Waals surface area contributed by atoms with Gasteiger partial charge >= 0.3 is 12.4 Å². The summed E-state index contributed by atoms with van der Waals surface area (Å²) in [7, 11) is 1.17. The Bertz CT molecular complexity index is 2540. The van der Waals surface area contributed by atoms with Gasteiger partial charge in [0.1, 0.15) is 17.4 Å². The first-order chi connectivity index (χ1) is 27.7. The molecule has 4 atom stereocenters. The SMILES string of the molecule is COc1ccc(F)cc1C(C)(CC(C(C)(C)c1cc(F)ccc1C)C(O)(Cc1[nH]c2cnccc2c1C)C(F)(F)F)CC(O)(Cc1cc2c(C)nc(C)cc2[nH]1)C(F)(F)F. The summed E-state index contributed by atoms with van der Waals surface area (Å²) in [6, 6.07) is 11.2. The van der Waals surface area contributed by atoms with Crippen molar-refractivity contribution in [2.45, 2.75) is 109 Å². The molecule has 60 heavy (non-hydrogen) atoms. The Hall–Kier alpha value is -5.02. The Morgan fingerprint density at radius 2 is 1.40 bits per heavy atom. The van der Waals surface area contributed by atoms with E-state index in [4.69, 9.17) is 4.74 Å². The van der Waals surface area contributed by atoms with Crippen LogP contribution in [0.4, 0.5) is 35.1 Å². The molecule has 0 saturated heterocycles. The van der Waals surface area contributed by atoms with Gasteiger partial charge in [0, 0.05) is 69.6 Å². The molecule has 0 aliphatic carbocycles. The minimum Gasteiger partial charge on any atom is -0.496 e. The fraction of sp³-hybridized carbons (Fsp3) is 0.422. The average molecular weight is 845 g/mol. The predicted octanol–water partition coefficient (Wildman–Crippen LogP) is 10.7. The molecule has 6 aromatic rings. The molecule has 322 valence electrons. The number of nitrogens with zero attached hydrogens (tertiary/aromatic N) is 2. The molecule has 0 spiro atoms. The third-order valence-corrected chi connectivity index (χ3v) is 12.4. The zero-order valence-corrected chi connectivity index (χ0v) is 34.5. The first-order valence-corrected chi connectivity index (χ1v) is 19.3. The van der Waals surface area contributed by atoms with Gasteiger partial charge in [-0.15, -0.1) is 0 Å². The van der Waals surface area contributed by atoms with Crippen molar-refractivity contribution in [3.8, 4) is 5.75 Å². The molecule has 0 bridgehead atoms. The first-order valence-electron chi connectivity index (χ1n) is 19.3. The average Bonchev–Trinajstić information content (AvgIpc) is 3.69. The summed E-state index contributed by atoms with van der Waals surface area (Å²) in [4.78, 5) is 14.3. The number of fused-ring (bicyclic) bond motifs is 2. The Balaban J connectivity index is 1.62. The molecule has 4 N–H and O–H groups in total. The lowest BCUT2D eigenvalue weighted by Crippen LogP contribution is -2.61. The normalized spacial score (nSPS) is 16.4. The van der Waals surface area contributed by atoms with Gasteiger partial charge in [0.15, 0.2) is 11.2 Å². The highest BCUT2D eigenvalue weighted by Gasteiger charge is 2.65. The van der Waals surface area contributed by atoms with E-state index in [0.29, 0.717) is 44.3 Å². The fourth-order valence-electron chi connectivity index (χ4n) is 9.31. The standard InChI is InChI=1S/C45H48F8N4O3/c1-24-9-10-28(46)16-33(24)40(5,6)39(43(59,45(51,52)53)20-36-26(3)31-13-14-54-22-37(31)57-36)21-41(7,34-17-29(47)11-12-38(34)60-8)23-42(58,44(48,49)50)19-30-18-32-27(4)55-25(2)15-35(32)56-30/h9-18,22,39,56-59H,19-21,23H2,1-8H3. The summed E-state index contributed by atoms with van der Waals surface area (Å²) in [5.41, 5.74) is -9.22. The maximum absolute atomic E-state index is 16.1. The number of aromatic amines is 2. The molecule has 0 radical (unpaired) electrons. The van der Waals surface area contributed by atoms with E-state index >= 15 is 35.1 Å². The van der Waals surface area contributed by atoms with Gasteiger partial charge in [-0.25, -0.2) is 8.78 Å². The topological polar surface area (TPSA) is 107 Å². The van der Waals surface area contributed by atoms with Crippen LogP contribution in [0.1, 0.15) is 78.6 Å². The number of benzene rings is 2. The molecule has 0 fully saturated rings. The van der Waals surface area contributed by atoms with Crippen LogP contribution >= 0.6 is 0 Å². The van der Waals surface area contributed by atoms with Crippen LogP contribution in [0.5, 0.6) is 5.75 Å². The molecule has 0 aliphatic heterocycles. The van der Waals surface area contributed by atoms with Crippen LogP contribution in [0, 0.1) is 45.2 Å². The van der Waals surface area contributed by atoms with Crippen LogP contribution in [-0.4, -0.2) is 60.8 Å². The van der Waals surface area contributed by atoms with Crippen molar-refractivity contribution in [1.82, 2.24) is 19.9 Å². The molecular weight excluding hydrogens is 797 g/mol. The van der Waals surface area contributed by atoms with Crippen molar-refractivity contribution in [3.63, 3.8) is 0 Å². The minimum absolute atomic E-state index is 0.0229. The molecular formula is C45H48F8N4O3. The van der Waals surface area contributed by atoms with Crippen LogP contribution in [0.2, 0.25) is 0 Å². The van der Waals surface area contributed by atoms with Crippen LogP contribution in [0.15, 0.2) is 67.0 Å². The van der Waals surface area contributed by atoms with Gasteiger partial charge < -0.3 is 24.9 Å². The lowest BCUT2D eigenvalue weighted by molar-refractivity contribution is -0.291. The summed E-state index contributed by atoms with van der Waals surface area (Å²) in [6.45, 7) is 10.4. The summed E-state index contributed by atoms with van der Waals surface area (Å²) in [6.07, 6.45) is -12.5. The van der Waals surface area contributed by atoms with Crippen molar-refractivity contribution in [1.29, 1.82) is 0 Å². The molecule has 2 aromatic carbocycles. The number of aromatic nitrogens is 4. The molecule has 4 heterocycles. The number of hydrogen-bond donors (Lipinski definition) is 4. The largest absolute Gasteiger partial charge is 0.496 e. The van der Waals surface area contributed by atoms with Gasteiger partial charge in [-0.05, 0) is 117 Å². The number of nitrogens with one attached hydrogen (secondary N) is 2. The van der Waals surface area contributed by atoms with E-state index in [1.807, 2.05) is 0 Å². The van der Waals surface area contributed by atoms with Crippen molar-refractivity contribution in [3.05, 3.63) is 124 Å². The number of pyridine rings is 2. The second-order valence-electron chi connectivity index (χ2n) is 17.1. The molecule has 7 nitrogen and oxygen atoms in total. The number of methoxy groups -OCH3 is 1. The van der Waals surface area contributed by atoms with E-state index < -0.39 is 77.6 Å². The molecule has 6 rings (SSSR count). The van der Waals surface area contributed by atoms with E-state index in [9.17, 15) is 10.2 Å². The van der Waals surface area contributed by atoms with E-state index in [1.165, 1.54) is 52.4 Å². The van der Waals surface area contributed by atoms with Gasteiger partial charge in [0.2, 0.25) is 0 Å². The zero-order chi connectivity index (χ0) is 44.4. The van der Waals surface area contributed by atoms with Gasteiger partial charge in [-0.1, -0.05) is 26.8 Å². The number of aryl methyl sites for hydroxylation is 4. The maximum Gasteiger partial charge on any atom is 0.417 e. The van der Waals surface area contributed by atoms with Crippen LogP contribution in [-0.2, 0) is 23.7 Å². The number of halogens is 8. The Kier molecular flexibility index (Phi) is 11.5. The maximum atomic E-state index is 16.1. The van der Waals surface area contributed by atoms with Crippen molar-refractivity contribution >= 4 is 21.8 Å². The number of hydrogen-bond acceptors (Lipinski definition) is 5. The van der Waals surface area contributed by atoms with Gasteiger partial charge in [0.25, 0.3) is 0 Å². The van der Waals surface area contributed by atoms with E-state index in [-0.39, 0.29) is 28.3 Å². The van der Waals surface area contributed by atoms with Crippen LogP contribution < -0.4 is 4.74 Å². The van der Waals surface area contributed by atoms with Gasteiger partial charge in [0.05, 0.1) is 18.8 Å². The minimum atomic E-state index is -5.47. The first kappa shape index (κ1) is 44.5. The van der Waals surface area contributed by atoms with Gasteiger partial charge in [-0.2, -0.15) is 26.3 Å². The molecule has 0 aliphatic rings. The van der Waals surface area contributed by atoms with E-state index in [1.54, 1.807) is 39.8 Å². The monoisotopic (exact) mass is 844 g/mol. The smallest absolute Gasteiger partial charge is 0.417 e. The quantitative estimate of drug-likeness (QED) is 0.0867. The number of alkyl halides is 6. The lowest BCUT2D eigenvalue weighted by Gasteiger charge is -2.51. The highest BCUT2D eigenvalue weighted by atomic mass is 19.4. The Labute approximate surface area is 342 Å². The summed E-state index contributed by atoms with van der Waals surface area (Å²) in [5, 5.41) is 25.7. The van der Waals surface area contributed by atoms with E-state index in [0.717, 1.165) is 30.3 Å². The number of H-pyrrole nitrogens is 2. The third-order valence-electron chi connectivity index (χ3n) is 12.4. The predicted molar refractivity (Wildman–Crippen MR) is 213 cm³/mol. The van der Waals surface area contributed by atoms with E-state index in [2.05, 4.69) is 19.9 Å². The van der Waals surface area contributed by atoms with Crippen LogP contribution in [0.3, 0.4) is 0 Å². The van der Waals surface area contributed by atoms with Crippen molar-refractivity contribution in [2.75, 3.05) is 7.11 Å². The molecule has 0 amide bonds. The fourth-order valence-corrected chi connectivity index (χ4v) is 9.31. The summed E-state index contributed by atoms with van der Waals surface area (Å²) in [5.74, 6) is -4.02. The Morgan fingerprint density at radius 1 is 0.750 bits per heavy atom. The lowest BCUT2D eigenvalue weighted by atomic mass is 9.56. The second kappa shape index (κ2) is 15.5. The zero-order valence-electron chi connectivity index (χ0n) is 34.5. The highest BCUT2D eigenvalue weighted by Crippen LogP contribution is 2.56. The molecule has 15 heteroatoms. The van der Waals surface area contributed by atoms with Crippen molar-refractivity contribution in [2.24, 2.45) is 5.92 Å². The third kappa shape index (κ3) is 8.09. The number of rotatable bonds is 13. The molecule has 4 aromatic heterocycles. The Morgan fingerprint density at radius 3 is 2.02 bits per heavy atom. The summed E-state index contributed by atoms with van der Waals surface area (Å²) >= 11 is 0.